The molecule has 0 radical (unpaired) electrons. The average molecular weight is 257 g/mol. The van der Waals surface area contributed by atoms with Crippen LogP contribution in [0, 0.1) is 6.92 Å². The minimum absolute atomic E-state index is 0.528. The standard InChI is InChI=1S/C16H19NO2/c1-3-19-14-8-6-13(7-9-14)16(18)11-15-12(2)5-4-10-17-15/h4-10,16,18H,3,11H2,1-2H3. The van der Waals surface area contributed by atoms with Crippen molar-refractivity contribution in [3.05, 3.63) is 59.4 Å². The van der Waals surface area contributed by atoms with Crippen molar-refractivity contribution in [1.29, 1.82) is 0 Å². The first-order valence-electron chi connectivity index (χ1n) is 6.52. The van der Waals surface area contributed by atoms with Crippen LogP contribution in [-0.2, 0) is 6.42 Å². The summed E-state index contributed by atoms with van der Waals surface area (Å²) < 4.78 is 5.38. The predicted octanol–water partition coefficient (Wildman–Crippen LogP) is 3.06. The number of aryl methyl sites for hydroxylation is 1. The first-order valence-corrected chi connectivity index (χ1v) is 6.52. The molecule has 19 heavy (non-hydrogen) atoms. The van der Waals surface area contributed by atoms with Crippen LogP contribution in [0.4, 0.5) is 0 Å². The molecule has 1 heterocycles. The van der Waals surface area contributed by atoms with Crippen molar-refractivity contribution in [3.63, 3.8) is 0 Å². The van der Waals surface area contributed by atoms with Gasteiger partial charge in [-0.3, -0.25) is 4.98 Å². The molecule has 2 aromatic rings. The lowest BCUT2D eigenvalue weighted by Crippen LogP contribution is -2.05. The van der Waals surface area contributed by atoms with Crippen LogP contribution in [0.2, 0.25) is 0 Å². The van der Waals surface area contributed by atoms with Gasteiger partial charge in [0.15, 0.2) is 0 Å². The van der Waals surface area contributed by atoms with E-state index in [1.54, 1.807) is 6.20 Å². The number of pyridine rings is 1. The fourth-order valence-corrected chi connectivity index (χ4v) is 1.99. The predicted molar refractivity (Wildman–Crippen MR) is 75.2 cm³/mol. The molecule has 1 unspecified atom stereocenters. The SMILES string of the molecule is CCOc1ccc(C(O)Cc2ncccc2C)cc1. The minimum atomic E-state index is -0.538. The van der Waals surface area contributed by atoms with Crippen molar-refractivity contribution in [3.8, 4) is 5.75 Å². The Kier molecular flexibility index (Phi) is 4.53. The Morgan fingerprint density at radius 2 is 1.95 bits per heavy atom. The van der Waals surface area contributed by atoms with Crippen LogP contribution in [0.1, 0.15) is 29.8 Å². The number of aliphatic hydroxyl groups is 1. The summed E-state index contributed by atoms with van der Waals surface area (Å²) in [6.45, 7) is 4.61. The number of aliphatic hydroxyl groups excluding tert-OH is 1. The van der Waals surface area contributed by atoms with Crippen LogP contribution >= 0.6 is 0 Å². The Labute approximate surface area is 113 Å². The van der Waals surface area contributed by atoms with E-state index in [1.807, 2.05) is 50.2 Å². The van der Waals surface area contributed by atoms with E-state index in [0.29, 0.717) is 13.0 Å². The van der Waals surface area contributed by atoms with E-state index in [-0.39, 0.29) is 0 Å². The third-order valence-electron chi connectivity index (χ3n) is 3.08. The number of ether oxygens (including phenoxy) is 1. The second-order valence-electron chi connectivity index (χ2n) is 4.49. The van der Waals surface area contributed by atoms with Crippen molar-refractivity contribution in [2.45, 2.75) is 26.4 Å². The number of hydrogen-bond acceptors (Lipinski definition) is 3. The first kappa shape index (κ1) is 13.6. The fraction of sp³-hybridized carbons (Fsp3) is 0.312. The second kappa shape index (κ2) is 6.34. The molecule has 1 aromatic heterocycles. The molecule has 0 saturated heterocycles. The summed E-state index contributed by atoms with van der Waals surface area (Å²) in [5.74, 6) is 0.826. The molecule has 0 spiro atoms. The zero-order valence-electron chi connectivity index (χ0n) is 11.3. The maximum atomic E-state index is 10.2. The molecule has 0 amide bonds. The van der Waals surface area contributed by atoms with Crippen LogP contribution in [0.3, 0.4) is 0 Å². The molecule has 3 nitrogen and oxygen atoms in total. The molecule has 2 rings (SSSR count). The third kappa shape index (κ3) is 3.55. The molecule has 0 aliphatic carbocycles. The van der Waals surface area contributed by atoms with Gasteiger partial charge in [0, 0.05) is 18.3 Å². The van der Waals surface area contributed by atoms with E-state index in [1.165, 1.54) is 0 Å². The Morgan fingerprint density at radius 3 is 2.58 bits per heavy atom. The highest BCUT2D eigenvalue weighted by molar-refractivity contribution is 5.29. The van der Waals surface area contributed by atoms with Crippen molar-refractivity contribution in [2.75, 3.05) is 6.61 Å². The molecular formula is C16H19NO2. The Balaban J connectivity index is 2.07. The van der Waals surface area contributed by atoms with E-state index in [0.717, 1.165) is 22.6 Å². The van der Waals surface area contributed by atoms with Gasteiger partial charge in [-0.15, -0.1) is 0 Å². The van der Waals surface area contributed by atoms with Gasteiger partial charge < -0.3 is 9.84 Å². The number of aromatic nitrogens is 1. The molecule has 0 bridgehead atoms. The van der Waals surface area contributed by atoms with Crippen molar-refractivity contribution >= 4 is 0 Å². The zero-order valence-corrected chi connectivity index (χ0v) is 11.3. The van der Waals surface area contributed by atoms with E-state index in [2.05, 4.69) is 4.98 Å². The lowest BCUT2D eigenvalue weighted by Gasteiger charge is -2.12. The van der Waals surface area contributed by atoms with Gasteiger partial charge >= 0.3 is 0 Å². The highest BCUT2D eigenvalue weighted by Crippen LogP contribution is 2.21. The van der Waals surface area contributed by atoms with E-state index in [4.69, 9.17) is 4.74 Å². The number of hydrogen-bond donors (Lipinski definition) is 1. The summed E-state index contributed by atoms with van der Waals surface area (Å²) in [7, 11) is 0. The van der Waals surface area contributed by atoms with Crippen LogP contribution in [0.15, 0.2) is 42.6 Å². The third-order valence-corrected chi connectivity index (χ3v) is 3.08. The summed E-state index contributed by atoms with van der Waals surface area (Å²) in [5.41, 5.74) is 2.92. The van der Waals surface area contributed by atoms with Crippen LogP contribution in [0.25, 0.3) is 0 Å². The van der Waals surface area contributed by atoms with Crippen LogP contribution in [0.5, 0.6) is 5.75 Å². The van der Waals surface area contributed by atoms with Gasteiger partial charge in [-0.2, -0.15) is 0 Å². The summed E-state index contributed by atoms with van der Waals surface area (Å²) >= 11 is 0. The highest BCUT2D eigenvalue weighted by Gasteiger charge is 2.11. The Bertz CT molecular complexity index is 523. The van der Waals surface area contributed by atoms with Gasteiger partial charge in [0.1, 0.15) is 5.75 Å². The summed E-state index contributed by atoms with van der Waals surface area (Å²) in [5, 5.41) is 10.2. The molecule has 100 valence electrons. The van der Waals surface area contributed by atoms with Gasteiger partial charge in [-0.1, -0.05) is 18.2 Å². The van der Waals surface area contributed by atoms with Crippen LogP contribution in [-0.4, -0.2) is 16.7 Å². The first-order chi connectivity index (χ1) is 9.20. The average Bonchev–Trinajstić information content (AvgIpc) is 2.42. The largest absolute Gasteiger partial charge is 0.494 e. The van der Waals surface area contributed by atoms with Crippen LogP contribution < -0.4 is 4.74 Å². The summed E-state index contributed by atoms with van der Waals surface area (Å²) in [6, 6.07) is 11.5. The molecule has 1 atom stereocenters. The second-order valence-corrected chi connectivity index (χ2v) is 4.49. The lowest BCUT2D eigenvalue weighted by atomic mass is 10.0. The monoisotopic (exact) mass is 257 g/mol. The molecular weight excluding hydrogens is 238 g/mol. The van der Waals surface area contributed by atoms with Crippen molar-refractivity contribution in [2.24, 2.45) is 0 Å². The molecule has 0 saturated carbocycles. The van der Waals surface area contributed by atoms with Gasteiger partial charge in [0.2, 0.25) is 0 Å². The Hall–Kier alpha value is -1.87. The number of benzene rings is 1. The molecule has 3 heteroatoms. The maximum absolute atomic E-state index is 10.2. The van der Waals surface area contributed by atoms with E-state index >= 15 is 0 Å². The molecule has 1 aromatic carbocycles. The summed E-state index contributed by atoms with van der Waals surface area (Å²) in [4.78, 5) is 4.31. The normalized spacial score (nSPS) is 12.2. The summed E-state index contributed by atoms with van der Waals surface area (Å²) in [6.07, 6.45) is 1.75. The number of rotatable bonds is 5. The van der Waals surface area contributed by atoms with Gasteiger partial charge in [0.25, 0.3) is 0 Å². The van der Waals surface area contributed by atoms with Gasteiger partial charge in [-0.05, 0) is 43.2 Å². The Morgan fingerprint density at radius 1 is 1.21 bits per heavy atom. The topological polar surface area (TPSA) is 42.4 Å². The molecule has 1 N–H and O–H groups in total. The molecule has 0 aliphatic rings. The van der Waals surface area contributed by atoms with E-state index in [9.17, 15) is 5.11 Å². The number of nitrogens with zero attached hydrogens (tertiary/aromatic N) is 1. The van der Waals surface area contributed by atoms with Crippen molar-refractivity contribution in [1.82, 2.24) is 4.98 Å². The quantitative estimate of drug-likeness (QED) is 0.895. The zero-order chi connectivity index (χ0) is 13.7. The van der Waals surface area contributed by atoms with E-state index < -0.39 is 6.10 Å². The van der Waals surface area contributed by atoms with Gasteiger partial charge in [-0.25, -0.2) is 0 Å². The van der Waals surface area contributed by atoms with Crippen molar-refractivity contribution < 1.29 is 9.84 Å². The fourth-order valence-electron chi connectivity index (χ4n) is 1.99. The highest BCUT2D eigenvalue weighted by atomic mass is 16.5. The smallest absolute Gasteiger partial charge is 0.119 e. The lowest BCUT2D eigenvalue weighted by molar-refractivity contribution is 0.177. The molecule has 0 fully saturated rings. The molecule has 0 aliphatic heterocycles. The minimum Gasteiger partial charge on any atom is -0.494 e. The van der Waals surface area contributed by atoms with Gasteiger partial charge in [0.05, 0.1) is 12.7 Å². The maximum Gasteiger partial charge on any atom is 0.119 e.